The summed E-state index contributed by atoms with van der Waals surface area (Å²) in [5.74, 6) is 3.19. The molecule has 0 fully saturated rings. The normalized spacial score (nSPS) is 17.9. The van der Waals surface area contributed by atoms with Crippen molar-refractivity contribution in [3.05, 3.63) is 28.3 Å². The molecule has 2 rings (SSSR count). The number of aryl methyl sites for hydroxylation is 1. The van der Waals surface area contributed by atoms with Crippen LogP contribution in [-0.2, 0) is 9.59 Å². The first-order chi connectivity index (χ1) is 7.54. The second-order valence-electron chi connectivity index (χ2n) is 3.62. The number of hydrogen-bond acceptors (Lipinski definition) is 3. The summed E-state index contributed by atoms with van der Waals surface area (Å²) in [7, 11) is 0. The number of carbonyl (C=O) groups is 2. The number of amides is 2. The molecule has 1 heterocycles. The molecule has 84 valence electrons. The van der Waals surface area contributed by atoms with Crippen LogP contribution >= 0.6 is 11.6 Å². The van der Waals surface area contributed by atoms with Crippen LogP contribution in [0.15, 0.2) is 12.1 Å². The van der Waals surface area contributed by atoms with Crippen LogP contribution in [0.3, 0.4) is 0 Å². The molecule has 0 bridgehead atoms. The summed E-state index contributed by atoms with van der Waals surface area (Å²) in [4.78, 5) is 23.1. The largest absolute Gasteiger partial charge is 0.325 e. The Morgan fingerprint density at radius 3 is 2.88 bits per heavy atom. The van der Waals surface area contributed by atoms with Crippen molar-refractivity contribution in [3.63, 3.8) is 0 Å². The van der Waals surface area contributed by atoms with E-state index in [1.165, 1.54) is 0 Å². The number of carbonyl (C=O) groups excluding carboxylic acids is 2. The van der Waals surface area contributed by atoms with Crippen molar-refractivity contribution in [1.82, 2.24) is 5.43 Å². The molecule has 16 heavy (non-hydrogen) atoms. The monoisotopic (exact) mass is 239 g/mol. The van der Waals surface area contributed by atoms with E-state index in [-0.39, 0.29) is 5.91 Å². The predicted octanol–water partition coefficient (Wildman–Crippen LogP) is 0.674. The molecule has 1 unspecified atom stereocenters. The Kier molecular flexibility index (Phi) is 2.57. The van der Waals surface area contributed by atoms with Crippen LogP contribution in [0.4, 0.5) is 5.69 Å². The van der Waals surface area contributed by atoms with Gasteiger partial charge >= 0.3 is 0 Å². The van der Waals surface area contributed by atoms with Gasteiger partial charge in [0.25, 0.3) is 5.91 Å². The minimum absolute atomic E-state index is 0.386. The highest BCUT2D eigenvalue weighted by molar-refractivity contribution is 6.31. The van der Waals surface area contributed by atoms with Crippen molar-refractivity contribution < 1.29 is 9.59 Å². The molecule has 0 saturated carbocycles. The number of fused-ring (bicyclic) bond motifs is 1. The van der Waals surface area contributed by atoms with Crippen molar-refractivity contribution in [2.24, 2.45) is 5.84 Å². The molecule has 1 aliphatic rings. The summed E-state index contributed by atoms with van der Waals surface area (Å²) in [5.41, 5.74) is 4.01. The number of rotatable bonds is 1. The van der Waals surface area contributed by atoms with Crippen LogP contribution < -0.4 is 16.6 Å². The zero-order valence-electron chi connectivity index (χ0n) is 8.50. The van der Waals surface area contributed by atoms with E-state index in [9.17, 15) is 9.59 Å². The zero-order chi connectivity index (χ0) is 11.9. The summed E-state index contributed by atoms with van der Waals surface area (Å²) in [5, 5.41) is 3.13. The fraction of sp³-hybridized carbons (Fsp3) is 0.200. The number of hydrogen-bond donors (Lipinski definition) is 3. The molecule has 0 aromatic heterocycles. The van der Waals surface area contributed by atoms with Crippen LogP contribution in [0.1, 0.15) is 17.0 Å². The Bertz CT molecular complexity index is 487. The van der Waals surface area contributed by atoms with Gasteiger partial charge in [0.1, 0.15) is 5.92 Å². The van der Waals surface area contributed by atoms with Gasteiger partial charge in [-0.2, -0.15) is 0 Å². The lowest BCUT2D eigenvalue weighted by Crippen LogP contribution is -2.37. The third kappa shape index (κ3) is 1.54. The van der Waals surface area contributed by atoms with E-state index >= 15 is 0 Å². The van der Waals surface area contributed by atoms with Crippen molar-refractivity contribution in [1.29, 1.82) is 0 Å². The average Bonchev–Trinajstić information content (AvgIpc) is 2.54. The first-order valence-electron chi connectivity index (χ1n) is 4.66. The highest BCUT2D eigenvalue weighted by atomic mass is 35.5. The van der Waals surface area contributed by atoms with E-state index in [0.29, 0.717) is 16.3 Å². The standard InChI is InChI=1S/C10H10ClN3O2/c1-4-2-5(11)3-6-7(10(16)14-12)9(15)13-8(4)6/h2-3,7H,12H2,1H3,(H,13,15)(H,14,16). The van der Waals surface area contributed by atoms with Crippen molar-refractivity contribution in [2.45, 2.75) is 12.8 Å². The number of anilines is 1. The van der Waals surface area contributed by atoms with Crippen LogP contribution in [0.25, 0.3) is 0 Å². The van der Waals surface area contributed by atoms with Crippen molar-refractivity contribution >= 4 is 29.1 Å². The fourth-order valence-electron chi connectivity index (χ4n) is 1.85. The molecule has 5 nitrogen and oxygen atoms in total. The Balaban J connectivity index is 2.56. The minimum Gasteiger partial charge on any atom is -0.325 e. The molecule has 1 aromatic carbocycles. The number of halogens is 1. The quantitative estimate of drug-likeness (QED) is 0.292. The first-order valence-corrected chi connectivity index (χ1v) is 5.03. The van der Waals surface area contributed by atoms with Gasteiger partial charge in [0.15, 0.2) is 0 Å². The van der Waals surface area contributed by atoms with Gasteiger partial charge in [-0.25, -0.2) is 5.84 Å². The Hall–Kier alpha value is -1.59. The highest BCUT2D eigenvalue weighted by Gasteiger charge is 2.37. The number of nitrogens with one attached hydrogen (secondary N) is 2. The Morgan fingerprint density at radius 2 is 2.25 bits per heavy atom. The molecule has 0 aliphatic carbocycles. The van der Waals surface area contributed by atoms with E-state index in [1.54, 1.807) is 12.1 Å². The SMILES string of the molecule is Cc1cc(Cl)cc2c1NC(=O)C2C(=O)NN. The van der Waals surface area contributed by atoms with E-state index in [1.807, 2.05) is 12.3 Å². The molecule has 0 saturated heterocycles. The first kappa shape index (κ1) is 10.9. The summed E-state index contributed by atoms with van der Waals surface area (Å²) >= 11 is 5.89. The molecule has 1 aromatic rings. The Labute approximate surface area is 96.9 Å². The van der Waals surface area contributed by atoms with Gasteiger partial charge in [-0.1, -0.05) is 11.6 Å². The predicted molar refractivity (Wildman–Crippen MR) is 59.9 cm³/mol. The maximum Gasteiger partial charge on any atom is 0.251 e. The molecule has 6 heteroatoms. The minimum atomic E-state index is -0.919. The van der Waals surface area contributed by atoms with E-state index in [4.69, 9.17) is 17.4 Å². The van der Waals surface area contributed by atoms with E-state index in [0.717, 1.165) is 5.56 Å². The van der Waals surface area contributed by atoms with Crippen LogP contribution in [0, 0.1) is 6.92 Å². The lowest BCUT2D eigenvalue weighted by Gasteiger charge is -2.07. The van der Waals surface area contributed by atoms with E-state index in [2.05, 4.69) is 5.32 Å². The Morgan fingerprint density at radius 1 is 1.56 bits per heavy atom. The van der Waals surface area contributed by atoms with Gasteiger partial charge < -0.3 is 5.32 Å². The fourth-order valence-corrected chi connectivity index (χ4v) is 2.13. The summed E-state index contributed by atoms with van der Waals surface area (Å²) in [6.07, 6.45) is 0. The lowest BCUT2D eigenvalue weighted by atomic mass is 9.98. The van der Waals surface area contributed by atoms with Gasteiger partial charge in [-0.05, 0) is 30.2 Å². The number of nitrogens with two attached hydrogens (primary N) is 1. The second-order valence-corrected chi connectivity index (χ2v) is 4.05. The van der Waals surface area contributed by atoms with Gasteiger partial charge in [0, 0.05) is 10.7 Å². The van der Waals surface area contributed by atoms with Crippen molar-refractivity contribution in [3.8, 4) is 0 Å². The molecule has 2 amide bonds. The molecule has 0 spiro atoms. The van der Waals surface area contributed by atoms with Gasteiger partial charge in [0.05, 0.1) is 0 Å². The van der Waals surface area contributed by atoms with Crippen LogP contribution in [0.2, 0.25) is 5.02 Å². The molecule has 4 N–H and O–H groups in total. The third-order valence-electron chi connectivity index (χ3n) is 2.56. The summed E-state index contributed by atoms with van der Waals surface area (Å²) < 4.78 is 0. The molecular formula is C10H10ClN3O2. The van der Waals surface area contributed by atoms with Crippen molar-refractivity contribution in [2.75, 3.05) is 5.32 Å². The highest BCUT2D eigenvalue weighted by Crippen LogP contribution is 2.37. The van der Waals surface area contributed by atoms with Gasteiger partial charge in [-0.15, -0.1) is 0 Å². The van der Waals surface area contributed by atoms with Crippen LogP contribution in [-0.4, -0.2) is 11.8 Å². The van der Waals surface area contributed by atoms with E-state index < -0.39 is 11.8 Å². The topological polar surface area (TPSA) is 84.2 Å². The molecule has 0 radical (unpaired) electrons. The summed E-state index contributed by atoms with van der Waals surface area (Å²) in [6, 6.07) is 3.32. The molecule has 1 aliphatic heterocycles. The molecular weight excluding hydrogens is 230 g/mol. The number of benzene rings is 1. The average molecular weight is 240 g/mol. The lowest BCUT2D eigenvalue weighted by molar-refractivity contribution is -0.128. The maximum atomic E-state index is 11.6. The number of hydrazine groups is 1. The summed E-state index contributed by atoms with van der Waals surface area (Å²) in [6.45, 7) is 1.81. The second kappa shape index (κ2) is 3.77. The smallest absolute Gasteiger partial charge is 0.251 e. The van der Waals surface area contributed by atoms with Crippen LogP contribution in [0.5, 0.6) is 0 Å². The zero-order valence-corrected chi connectivity index (χ0v) is 9.26. The van der Waals surface area contributed by atoms with Gasteiger partial charge in [-0.3, -0.25) is 15.0 Å². The molecule has 1 atom stereocenters. The van der Waals surface area contributed by atoms with Gasteiger partial charge in [0.2, 0.25) is 5.91 Å². The third-order valence-corrected chi connectivity index (χ3v) is 2.77. The maximum absolute atomic E-state index is 11.6.